The molecule has 0 aromatic heterocycles. The maximum absolute atomic E-state index is 11.7. The minimum Gasteiger partial charge on any atom is -0.480 e. The quantitative estimate of drug-likeness (QED) is 0.527. The van der Waals surface area contributed by atoms with Crippen LogP contribution >= 0.6 is 0 Å². The molecule has 0 aromatic carbocycles. The summed E-state index contributed by atoms with van der Waals surface area (Å²) in [6.45, 7) is 7.71. The second-order valence-corrected chi connectivity index (χ2v) is 4.36. The van der Waals surface area contributed by atoms with E-state index < -0.39 is 12.0 Å². The number of nitrogens with zero attached hydrogens (tertiary/aromatic N) is 1. The van der Waals surface area contributed by atoms with Crippen molar-refractivity contribution in [2.75, 3.05) is 13.6 Å². The Balaban J connectivity index is 4.21. The van der Waals surface area contributed by atoms with Gasteiger partial charge in [-0.1, -0.05) is 19.9 Å². The SMILES string of the molecule is C=CCCCN(C)C(=O)N[C@H](C(=O)O)C(C)C. The molecular formula is C12H22N2O3. The number of allylic oxidation sites excluding steroid dienone is 1. The number of aliphatic carboxylic acids is 1. The molecule has 0 spiro atoms. The second-order valence-electron chi connectivity index (χ2n) is 4.36. The number of hydrogen-bond donors (Lipinski definition) is 2. The average molecular weight is 242 g/mol. The van der Waals surface area contributed by atoms with Crippen molar-refractivity contribution in [1.82, 2.24) is 10.2 Å². The van der Waals surface area contributed by atoms with Crippen molar-refractivity contribution in [1.29, 1.82) is 0 Å². The Labute approximate surface area is 102 Å². The van der Waals surface area contributed by atoms with Gasteiger partial charge in [0, 0.05) is 13.6 Å². The Morgan fingerprint density at radius 1 is 1.47 bits per heavy atom. The zero-order chi connectivity index (χ0) is 13.4. The predicted molar refractivity (Wildman–Crippen MR) is 66.9 cm³/mol. The van der Waals surface area contributed by atoms with Gasteiger partial charge in [-0.25, -0.2) is 9.59 Å². The third-order valence-electron chi connectivity index (χ3n) is 2.46. The summed E-state index contributed by atoms with van der Waals surface area (Å²) < 4.78 is 0. The summed E-state index contributed by atoms with van der Waals surface area (Å²) in [4.78, 5) is 24.1. The fourth-order valence-corrected chi connectivity index (χ4v) is 1.33. The summed E-state index contributed by atoms with van der Waals surface area (Å²) in [5, 5.41) is 11.4. The topological polar surface area (TPSA) is 69.6 Å². The zero-order valence-electron chi connectivity index (χ0n) is 10.8. The number of carboxylic acid groups (broad SMARTS) is 1. The molecule has 5 nitrogen and oxygen atoms in total. The van der Waals surface area contributed by atoms with Gasteiger partial charge in [-0.15, -0.1) is 6.58 Å². The van der Waals surface area contributed by atoms with Crippen LogP contribution in [0.1, 0.15) is 26.7 Å². The van der Waals surface area contributed by atoms with E-state index in [2.05, 4.69) is 11.9 Å². The predicted octanol–water partition coefficient (Wildman–Crippen LogP) is 1.70. The molecule has 0 saturated carbocycles. The van der Waals surface area contributed by atoms with E-state index in [9.17, 15) is 9.59 Å². The lowest BCUT2D eigenvalue weighted by Crippen LogP contribution is -2.49. The lowest BCUT2D eigenvalue weighted by Gasteiger charge is -2.23. The number of carbonyl (C=O) groups is 2. The van der Waals surface area contributed by atoms with Crippen molar-refractivity contribution < 1.29 is 14.7 Å². The third-order valence-corrected chi connectivity index (χ3v) is 2.46. The summed E-state index contributed by atoms with van der Waals surface area (Å²) in [6, 6.07) is -1.19. The van der Waals surface area contributed by atoms with Crippen LogP contribution in [0.25, 0.3) is 0 Å². The van der Waals surface area contributed by atoms with Gasteiger partial charge in [0.1, 0.15) is 6.04 Å². The molecule has 1 atom stereocenters. The molecule has 0 aliphatic carbocycles. The van der Waals surface area contributed by atoms with Crippen LogP contribution in [0.2, 0.25) is 0 Å². The van der Waals surface area contributed by atoms with Gasteiger partial charge in [0.25, 0.3) is 0 Å². The Kier molecular flexibility index (Phi) is 7.02. The Bertz CT molecular complexity index is 277. The Morgan fingerprint density at radius 2 is 2.06 bits per heavy atom. The first-order valence-electron chi connectivity index (χ1n) is 5.75. The maximum Gasteiger partial charge on any atom is 0.326 e. The second kappa shape index (κ2) is 7.70. The summed E-state index contributed by atoms with van der Waals surface area (Å²) in [5.41, 5.74) is 0. The number of rotatable bonds is 7. The highest BCUT2D eigenvalue weighted by atomic mass is 16.4. The minimum atomic E-state index is -1.01. The van der Waals surface area contributed by atoms with Gasteiger partial charge in [0.15, 0.2) is 0 Å². The molecule has 17 heavy (non-hydrogen) atoms. The molecule has 0 unspecified atom stereocenters. The minimum absolute atomic E-state index is 0.141. The zero-order valence-corrected chi connectivity index (χ0v) is 10.8. The van der Waals surface area contributed by atoms with Crippen molar-refractivity contribution in [2.45, 2.75) is 32.7 Å². The first-order chi connectivity index (χ1) is 7.90. The van der Waals surface area contributed by atoms with Crippen LogP contribution in [0, 0.1) is 5.92 Å². The molecule has 5 heteroatoms. The normalized spacial score (nSPS) is 12.0. The maximum atomic E-state index is 11.7. The molecule has 98 valence electrons. The van der Waals surface area contributed by atoms with E-state index in [1.807, 2.05) is 0 Å². The number of nitrogens with one attached hydrogen (secondary N) is 1. The van der Waals surface area contributed by atoms with Crippen LogP contribution in [0.4, 0.5) is 4.79 Å². The highest BCUT2D eigenvalue weighted by Gasteiger charge is 2.24. The number of amides is 2. The van der Waals surface area contributed by atoms with Gasteiger partial charge in [0.05, 0.1) is 0 Å². The van der Waals surface area contributed by atoms with E-state index in [-0.39, 0.29) is 11.9 Å². The number of urea groups is 1. The molecule has 0 radical (unpaired) electrons. The molecule has 0 heterocycles. The monoisotopic (exact) mass is 242 g/mol. The highest BCUT2D eigenvalue weighted by molar-refractivity contribution is 5.82. The molecule has 2 N–H and O–H groups in total. The molecule has 0 aromatic rings. The van der Waals surface area contributed by atoms with E-state index in [4.69, 9.17) is 5.11 Å². The number of unbranched alkanes of at least 4 members (excludes halogenated alkanes) is 1. The van der Waals surface area contributed by atoms with Gasteiger partial charge >= 0.3 is 12.0 Å². The van der Waals surface area contributed by atoms with Gasteiger partial charge in [0.2, 0.25) is 0 Å². The molecule has 0 bridgehead atoms. The fraction of sp³-hybridized carbons (Fsp3) is 0.667. The van der Waals surface area contributed by atoms with Crippen LogP contribution in [0.15, 0.2) is 12.7 Å². The van der Waals surface area contributed by atoms with Gasteiger partial charge in [-0.3, -0.25) is 0 Å². The third kappa shape index (κ3) is 5.94. The van der Waals surface area contributed by atoms with Crippen molar-refractivity contribution in [3.63, 3.8) is 0 Å². The van der Waals surface area contributed by atoms with Crippen LogP contribution < -0.4 is 5.32 Å². The van der Waals surface area contributed by atoms with Gasteiger partial charge in [-0.2, -0.15) is 0 Å². The molecule has 0 saturated heterocycles. The smallest absolute Gasteiger partial charge is 0.326 e. The molecule has 2 amide bonds. The average Bonchev–Trinajstić information content (AvgIpc) is 2.24. The van der Waals surface area contributed by atoms with Gasteiger partial charge in [-0.05, 0) is 18.8 Å². The first-order valence-corrected chi connectivity index (χ1v) is 5.75. The van der Waals surface area contributed by atoms with E-state index in [0.717, 1.165) is 12.8 Å². The number of carboxylic acids is 1. The van der Waals surface area contributed by atoms with Crippen LogP contribution in [-0.2, 0) is 4.79 Å². The summed E-state index contributed by atoms with van der Waals surface area (Å²) >= 11 is 0. The largest absolute Gasteiger partial charge is 0.480 e. The van der Waals surface area contributed by atoms with Gasteiger partial charge < -0.3 is 15.3 Å². The fourth-order valence-electron chi connectivity index (χ4n) is 1.33. The van der Waals surface area contributed by atoms with Crippen LogP contribution in [0.5, 0.6) is 0 Å². The molecular weight excluding hydrogens is 220 g/mol. The summed E-state index contributed by atoms with van der Waals surface area (Å²) in [5.74, 6) is -1.15. The molecule has 0 fully saturated rings. The summed E-state index contributed by atoms with van der Waals surface area (Å²) in [7, 11) is 1.65. The first kappa shape index (κ1) is 15.5. The number of carbonyl (C=O) groups excluding carboxylic acids is 1. The van der Waals surface area contributed by atoms with E-state index in [0.29, 0.717) is 6.54 Å². The van der Waals surface area contributed by atoms with E-state index in [1.165, 1.54) is 4.90 Å². The molecule has 0 aliphatic heterocycles. The molecule has 0 rings (SSSR count). The Hall–Kier alpha value is -1.52. The summed E-state index contributed by atoms with van der Waals surface area (Å²) in [6.07, 6.45) is 3.46. The van der Waals surface area contributed by atoms with Crippen LogP contribution in [-0.4, -0.2) is 41.6 Å². The van der Waals surface area contributed by atoms with E-state index in [1.54, 1.807) is 27.0 Å². The molecule has 0 aliphatic rings. The van der Waals surface area contributed by atoms with Crippen molar-refractivity contribution >= 4 is 12.0 Å². The van der Waals surface area contributed by atoms with Crippen molar-refractivity contribution in [2.24, 2.45) is 5.92 Å². The van der Waals surface area contributed by atoms with Crippen molar-refractivity contribution in [3.8, 4) is 0 Å². The number of hydrogen-bond acceptors (Lipinski definition) is 2. The lowest BCUT2D eigenvalue weighted by atomic mass is 10.1. The van der Waals surface area contributed by atoms with E-state index >= 15 is 0 Å². The van der Waals surface area contributed by atoms with Crippen molar-refractivity contribution in [3.05, 3.63) is 12.7 Å². The lowest BCUT2D eigenvalue weighted by molar-refractivity contribution is -0.140. The highest BCUT2D eigenvalue weighted by Crippen LogP contribution is 2.03. The van der Waals surface area contributed by atoms with Crippen LogP contribution in [0.3, 0.4) is 0 Å². The Morgan fingerprint density at radius 3 is 2.47 bits per heavy atom. The standard InChI is InChI=1S/C12H22N2O3/c1-5-6-7-8-14(4)12(17)13-10(9(2)3)11(15)16/h5,9-10H,1,6-8H2,2-4H3,(H,13,17)(H,15,16)/t10-/m0/s1.